The van der Waals surface area contributed by atoms with Gasteiger partial charge in [0.1, 0.15) is 0 Å². The van der Waals surface area contributed by atoms with Crippen molar-refractivity contribution in [2.75, 3.05) is 12.5 Å². The molecule has 2 aromatic heterocycles. The summed E-state index contributed by atoms with van der Waals surface area (Å²) in [6.45, 7) is 0. The van der Waals surface area contributed by atoms with Gasteiger partial charge in [0.05, 0.1) is 25.3 Å². The van der Waals surface area contributed by atoms with E-state index in [2.05, 4.69) is 15.5 Å². The van der Waals surface area contributed by atoms with Crippen molar-refractivity contribution in [3.05, 3.63) is 82.6 Å². The van der Waals surface area contributed by atoms with Crippen molar-refractivity contribution in [1.29, 1.82) is 0 Å². The van der Waals surface area contributed by atoms with E-state index in [4.69, 9.17) is 25.5 Å². The molecule has 0 amide bonds. The highest BCUT2D eigenvalue weighted by Crippen LogP contribution is 2.29. The van der Waals surface area contributed by atoms with Gasteiger partial charge in [-0.3, -0.25) is 5.43 Å². The third-order valence-corrected chi connectivity index (χ3v) is 5.13. The molecule has 0 aliphatic rings. The number of nitrogens with zero attached hydrogens (tertiary/aromatic N) is 2. The molecule has 0 saturated carbocycles. The van der Waals surface area contributed by atoms with E-state index in [1.54, 1.807) is 30.5 Å². The maximum Gasteiger partial charge on any atom is 0.379 e. The fourth-order valence-electron chi connectivity index (χ4n) is 2.63. The molecule has 7 nitrogen and oxygen atoms in total. The summed E-state index contributed by atoms with van der Waals surface area (Å²) >= 11 is 7.36. The molecule has 0 fully saturated rings. The van der Waals surface area contributed by atoms with Gasteiger partial charge in [-0.1, -0.05) is 23.7 Å². The number of anilines is 1. The van der Waals surface area contributed by atoms with Crippen LogP contribution in [-0.2, 0) is 0 Å². The molecule has 0 bridgehead atoms. The number of hydrogen-bond donors (Lipinski definition) is 1. The van der Waals surface area contributed by atoms with Crippen molar-refractivity contribution in [3.8, 4) is 22.8 Å². The zero-order valence-electron chi connectivity index (χ0n) is 16.2. The molecule has 0 saturated heterocycles. The van der Waals surface area contributed by atoms with Crippen molar-refractivity contribution in [3.63, 3.8) is 0 Å². The summed E-state index contributed by atoms with van der Waals surface area (Å²) in [5.41, 5.74) is 5.47. The molecule has 4 aromatic rings. The third-order valence-electron chi connectivity index (χ3n) is 4.13. The fraction of sp³-hybridized carbons (Fsp3) is 0.0455. The summed E-state index contributed by atoms with van der Waals surface area (Å²) in [4.78, 5) is 16.6. The molecule has 0 spiro atoms. The van der Waals surface area contributed by atoms with E-state index in [1.165, 1.54) is 30.8 Å². The number of rotatable bonds is 7. The van der Waals surface area contributed by atoms with Gasteiger partial charge in [0.15, 0.2) is 11.5 Å². The lowest BCUT2D eigenvalue weighted by Gasteiger charge is -2.08. The molecule has 0 radical (unpaired) electrons. The van der Waals surface area contributed by atoms with Crippen LogP contribution in [0.4, 0.5) is 5.13 Å². The average Bonchev–Trinajstić information content (AvgIpc) is 3.48. The van der Waals surface area contributed by atoms with E-state index >= 15 is 0 Å². The number of hydrazone groups is 1. The Morgan fingerprint density at radius 3 is 2.77 bits per heavy atom. The minimum Gasteiger partial charge on any atom is -0.493 e. The van der Waals surface area contributed by atoms with Gasteiger partial charge in [-0.15, -0.1) is 11.3 Å². The zero-order valence-corrected chi connectivity index (χ0v) is 17.8. The molecular formula is C22H16ClN3O4S. The lowest BCUT2D eigenvalue weighted by Crippen LogP contribution is -2.08. The summed E-state index contributed by atoms with van der Waals surface area (Å²) in [6, 6.07) is 15.7. The highest BCUT2D eigenvalue weighted by molar-refractivity contribution is 7.14. The average molecular weight is 454 g/mol. The number of furan rings is 1. The Balaban J connectivity index is 1.41. The summed E-state index contributed by atoms with van der Waals surface area (Å²) in [6.07, 6.45) is 3.02. The van der Waals surface area contributed by atoms with E-state index < -0.39 is 5.97 Å². The largest absolute Gasteiger partial charge is 0.493 e. The number of methoxy groups -OCH3 is 1. The van der Waals surface area contributed by atoms with Gasteiger partial charge in [-0.2, -0.15) is 5.10 Å². The number of aromatic nitrogens is 1. The van der Waals surface area contributed by atoms with Gasteiger partial charge in [0, 0.05) is 16.0 Å². The molecule has 0 atom stereocenters. The van der Waals surface area contributed by atoms with E-state index in [1.807, 2.05) is 29.6 Å². The molecule has 31 heavy (non-hydrogen) atoms. The van der Waals surface area contributed by atoms with Crippen LogP contribution in [0.5, 0.6) is 11.5 Å². The lowest BCUT2D eigenvalue weighted by molar-refractivity contribution is 0.0696. The van der Waals surface area contributed by atoms with E-state index in [0.29, 0.717) is 15.9 Å². The van der Waals surface area contributed by atoms with Crippen LogP contribution in [0, 0.1) is 0 Å². The topological polar surface area (TPSA) is 86.0 Å². The molecule has 9 heteroatoms. The molecule has 2 aromatic carbocycles. The van der Waals surface area contributed by atoms with Crippen LogP contribution >= 0.6 is 22.9 Å². The highest BCUT2D eigenvalue weighted by atomic mass is 35.5. The Kier molecular flexibility index (Phi) is 6.30. The van der Waals surface area contributed by atoms with Gasteiger partial charge >= 0.3 is 5.97 Å². The van der Waals surface area contributed by atoms with Gasteiger partial charge in [0.25, 0.3) is 0 Å². The minimum absolute atomic E-state index is 0.110. The Hall–Kier alpha value is -3.62. The number of halogens is 1. The first-order valence-electron chi connectivity index (χ1n) is 9.06. The first-order valence-corrected chi connectivity index (χ1v) is 10.3. The number of benzene rings is 2. The smallest absolute Gasteiger partial charge is 0.379 e. The monoisotopic (exact) mass is 453 g/mol. The predicted molar refractivity (Wildman–Crippen MR) is 120 cm³/mol. The molecule has 0 unspecified atom stereocenters. The second-order valence-corrected chi connectivity index (χ2v) is 7.49. The number of carbonyl (C=O) groups excluding carboxylic acids is 1. The van der Waals surface area contributed by atoms with E-state index in [-0.39, 0.29) is 11.5 Å². The Labute approximate surface area is 186 Å². The Bertz CT molecular complexity index is 1200. The Morgan fingerprint density at radius 1 is 1.19 bits per heavy atom. The number of esters is 1. The number of nitrogens with one attached hydrogen (secondary N) is 1. The fourth-order valence-corrected chi connectivity index (χ4v) is 3.43. The normalized spacial score (nSPS) is 10.9. The molecule has 4 rings (SSSR count). The minimum atomic E-state index is -0.605. The quantitative estimate of drug-likeness (QED) is 0.166. The molecule has 0 aliphatic heterocycles. The van der Waals surface area contributed by atoms with Crippen LogP contribution in [0.15, 0.2) is 75.8 Å². The number of hydrogen-bond acceptors (Lipinski definition) is 8. The van der Waals surface area contributed by atoms with E-state index in [0.717, 1.165) is 16.8 Å². The molecule has 0 aliphatic carbocycles. The molecule has 156 valence electrons. The third kappa shape index (κ3) is 5.11. The van der Waals surface area contributed by atoms with Gasteiger partial charge in [0.2, 0.25) is 10.9 Å². The Morgan fingerprint density at radius 2 is 2.03 bits per heavy atom. The van der Waals surface area contributed by atoms with Crippen LogP contribution < -0.4 is 14.9 Å². The van der Waals surface area contributed by atoms with Crippen LogP contribution in [0.25, 0.3) is 11.3 Å². The van der Waals surface area contributed by atoms with Gasteiger partial charge in [-0.05, 0) is 48.0 Å². The van der Waals surface area contributed by atoms with Crippen molar-refractivity contribution in [2.45, 2.75) is 0 Å². The van der Waals surface area contributed by atoms with Crippen LogP contribution in [0.2, 0.25) is 5.02 Å². The predicted octanol–water partition coefficient (Wildman–Crippen LogP) is 5.73. The maximum absolute atomic E-state index is 12.1. The second-order valence-electron chi connectivity index (χ2n) is 6.19. The second kappa shape index (κ2) is 9.46. The first kappa shape index (κ1) is 20.6. The standard InChI is InChI=1S/C22H16ClN3O4S/c1-28-20-11-14(4-9-18(20)30-21(27)19-3-2-10-29-19)12-24-26-22-25-17(13-31-22)15-5-7-16(23)8-6-15/h2-13H,1H3,(H,25,26)/b24-12-. The number of carbonyl (C=O) groups is 1. The molecule has 1 N–H and O–H groups in total. The lowest BCUT2D eigenvalue weighted by atomic mass is 10.2. The van der Waals surface area contributed by atoms with Crippen molar-refractivity contribution in [2.24, 2.45) is 5.10 Å². The van der Waals surface area contributed by atoms with Crippen molar-refractivity contribution >= 4 is 40.3 Å². The van der Waals surface area contributed by atoms with Gasteiger partial charge in [-0.25, -0.2) is 9.78 Å². The van der Waals surface area contributed by atoms with Crippen LogP contribution in [0.3, 0.4) is 0 Å². The maximum atomic E-state index is 12.1. The van der Waals surface area contributed by atoms with E-state index in [9.17, 15) is 4.79 Å². The number of ether oxygens (including phenoxy) is 2. The summed E-state index contributed by atoms with van der Waals surface area (Å²) < 4.78 is 15.7. The number of thiazole rings is 1. The van der Waals surface area contributed by atoms with Crippen molar-refractivity contribution < 1.29 is 18.7 Å². The first-order chi connectivity index (χ1) is 15.1. The van der Waals surface area contributed by atoms with Gasteiger partial charge < -0.3 is 13.9 Å². The zero-order chi connectivity index (χ0) is 21.6. The summed E-state index contributed by atoms with van der Waals surface area (Å²) in [5.74, 6) is 0.176. The summed E-state index contributed by atoms with van der Waals surface area (Å²) in [5, 5.41) is 7.48. The molecule has 2 heterocycles. The SMILES string of the molecule is COc1cc(/C=N\Nc2nc(-c3ccc(Cl)cc3)cs2)ccc1OC(=O)c1ccco1. The highest BCUT2D eigenvalue weighted by Gasteiger charge is 2.14. The van der Waals surface area contributed by atoms with Crippen molar-refractivity contribution in [1.82, 2.24) is 4.98 Å². The van der Waals surface area contributed by atoms with Crippen LogP contribution in [0.1, 0.15) is 16.1 Å². The summed E-state index contributed by atoms with van der Waals surface area (Å²) in [7, 11) is 1.49. The molecular weight excluding hydrogens is 438 g/mol. The van der Waals surface area contributed by atoms with Crippen LogP contribution in [-0.4, -0.2) is 24.3 Å².